The van der Waals surface area contributed by atoms with Crippen LogP contribution in [0, 0.1) is 5.92 Å². The minimum atomic E-state index is -0.415. The number of amides is 1. The molecule has 1 fully saturated rings. The van der Waals surface area contributed by atoms with E-state index in [1.165, 1.54) is 12.0 Å². The standard InChI is InChI=1S/C17H29N3O2/c1-17(2,3)22-16(21)20-10-4-5-14(13-20)6-8-18-11-15-7-9-19-12-15/h7,9,12,14,18-19H,4-6,8,10-11,13H2,1-3H3. The van der Waals surface area contributed by atoms with Gasteiger partial charge in [0.25, 0.3) is 0 Å². The Morgan fingerprint density at radius 1 is 1.50 bits per heavy atom. The van der Waals surface area contributed by atoms with Crippen LogP contribution in [-0.4, -0.2) is 41.2 Å². The molecule has 0 radical (unpaired) electrons. The van der Waals surface area contributed by atoms with Crippen molar-refractivity contribution in [1.29, 1.82) is 0 Å². The van der Waals surface area contributed by atoms with Crippen LogP contribution in [0.4, 0.5) is 4.79 Å². The highest BCUT2D eigenvalue weighted by atomic mass is 16.6. The van der Waals surface area contributed by atoms with Gasteiger partial charge in [0.15, 0.2) is 0 Å². The topological polar surface area (TPSA) is 57.4 Å². The summed E-state index contributed by atoms with van der Waals surface area (Å²) in [5.41, 5.74) is 0.862. The largest absolute Gasteiger partial charge is 0.444 e. The van der Waals surface area contributed by atoms with Crippen LogP contribution in [0.2, 0.25) is 0 Å². The zero-order valence-corrected chi connectivity index (χ0v) is 14.0. The molecule has 2 N–H and O–H groups in total. The van der Waals surface area contributed by atoms with Crippen molar-refractivity contribution in [3.8, 4) is 0 Å². The molecule has 0 aliphatic carbocycles. The van der Waals surface area contributed by atoms with E-state index in [1.807, 2.05) is 38.1 Å². The second-order valence-corrected chi connectivity index (χ2v) is 7.12. The first kappa shape index (κ1) is 16.9. The van der Waals surface area contributed by atoms with Crippen LogP contribution in [0.1, 0.15) is 45.6 Å². The van der Waals surface area contributed by atoms with Gasteiger partial charge in [0.2, 0.25) is 0 Å². The lowest BCUT2D eigenvalue weighted by Gasteiger charge is -2.34. The number of likely N-dealkylation sites (tertiary alicyclic amines) is 1. The molecule has 1 amide bonds. The Morgan fingerprint density at radius 2 is 2.32 bits per heavy atom. The molecule has 2 heterocycles. The summed E-state index contributed by atoms with van der Waals surface area (Å²) in [7, 11) is 0. The van der Waals surface area contributed by atoms with E-state index < -0.39 is 5.60 Å². The van der Waals surface area contributed by atoms with Crippen molar-refractivity contribution in [1.82, 2.24) is 15.2 Å². The Bertz CT molecular complexity index is 451. The van der Waals surface area contributed by atoms with E-state index in [0.29, 0.717) is 5.92 Å². The minimum Gasteiger partial charge on any atom is -0.444 e. The Morgan fingerprint density at radius 3 is 3.00 bits per heavy atom. The maximum absolute atomic E-state index is 12.1. The SMILES string of the molecule is CC(C)(C)OC(=O)N1CCCC(CCNCc2cc[nH]c2)C1. The molecule has 22 heavy (non-hydrogen) atoms. The highest BCUT2D eigenvalue weighted by Gasteiger charge is 2.27. The van der Waals surface area contributed by atoms with E-state index in [2.05, 4.69) is 16.4 Å². The van der Waals surface area contributed by atoms with E-state index in [0.717, 1.165) is 39.0 Å². The van der Waals surface area contributed by atoms with Gasteiger partial charge >= 0.3 is 6.09 Å². The maximum atomic E-state index is 12.1. The number of H-pyrrole nitrogens is 1. The number of nitrogens with zero attached hydrogens (tertiary/aromatic N) is 1. The highest BCUT2D eigenvalue weighted by Crippen LogP contribution is 2.21. The molecule has 5 nitrogen and oxygen atoms in total. The van der Waals surface area contributed by atoms with Crippen LogP contribution in [-0.2, 0) is 11.3 Å². The summed E-state index contributed by atoms with van der Waals surface area (Å²) >= 11 is 0. The van der Waals surface area contributed by atoms with Crippen molar-refractivity contribution in [2.45, 2.75) is 52.2 Å². The van der Waals surface area contributed by atoms with Gasteiger partial charge in [-0.1, -0.05) is 0 Å². The number of nitrogens with one attached hydrogen (secondary N) is 2. The fourth-order valence-corrected chi connectivity index (χ4v) is 2.80. The lowest BCUT2D eigenvalue weighted by molar-refractivity contribution is 0.0162. The predicted molar refractivity (Wildman–Crippen MR) is 87.6 cm³/mol. The summed E-state index contributed by atoms with van der Waals surface area (Å²) in [6.45, 7) is 9.26. The van der Waals surface area contributed by atoms with Gasteiger partial charge < -0.3 is 19.9 Å². The summed E-state index contributed by atoms with van der Waals surface area (Å²) in [5, 5.41) is 3.46. The lowest BCUT2D eigenvalue weighted by atomic mass is 9.95. The second kappa shape index (κ2) is 7.68. The van der Waals surface area contributed by atoms with Crippen molar-refractivity contribution in [2.24, 2.45) is 5.92 Å². The quantitative estimate of drug-likeness (QED) is 0.822. The lowest BCUT2D eigenvalue weighted by Crippen LogP contribution is -2.43. The number of piperidine rings is 1. The van der Waals surface area contributed by atoms with E-state index in [9.17, 15) is 4.79 Å². The fraction of sp³-hybridized carbons (Fsp3) is 0.706. The molecule has 0 aromatic carbocycles. The molecule has 1 saturated heterocycles. The van der Waals surface area contributed by atoms with Gasteiger partial charge in [-0.25, -0.2) is 4.79 Å². The third kappa shape index (κ3) is 5.72. The van der Waals surface area contributed by atoms with Gasteiger partial charge in [0, 0.05) is 32.0 Å². The molecule has 1 aromatic rings. The van der Waals surface area contributed by atoms with Crippen molar-refractivity contribution >= 4 is 6.09 Å². The molecule has 1 atom stereocenters. The molecule has 1 aromatic heterocycles. The van der Waals surface area contributed by atoms with Crippen molar-refractivity contribution in [2.75, 3.05) is 19.6 Å². The minimum absolute atomic E-state index is 0.169. The van der Waals surface area contributed by atoms with E-state index in [1.54, 1.807) is 0 Å². The van der Waals surface area contributed by atoms with Crippen molar-refractivity contribution in [3.63, 3.8) is 0 Å². The van der Waals surface area contributed by atoms with Gasteiger partial charge in [0.05, 0.1) is 0 Å². The molecular weight excluding hydrogens is 278 g/mol. The number of aromatic amines is 1. The average Bonchev–Trinajstić information content (AvgIpc) is 2.95. The van der Waals surface area contributed by atoms with Crippen LogP contribution in [0.3, 0.4) is 0 Å². The van der Waals surface area contributed by atoms with Gasteiger partial charge in [-0.05, 0) is 64.1 Å². The van der Waals surface area contributed by atoms with Crippen LogP contribution in [0.15, 0.2) is 18.5 Å². The Labute approximate surface area is 133 Å². The number of rotatable bonds is 5. The van der Waals surface area contributed by atoms with Crippen LogP contribution in [0.25, 0.3) is 0 Å². The molecule has 0 saturated carbocycles. The second-order valence-electron chi connectivity index (χ2n) is 7.12. The Balaban J connectivity index is 1.68. The third-order valence-electron chi connectivity index (χ3n) is 3.89. The number of hydrogen-bond acceptors (Lipinski definition) is 3. The van der Waals surface area contributed by atoms with E-state index >= 15 is 0 Å². The zero-order chi connectivity index (χ0) is 16.0. The first-order valence-corrected chi connectivity index (χ1v) is 8.24. The van der Waals surface area contributed by atoms with Crippen LogP contribution in [0.5, 0.6) is 0 Å². The van der Waals surface area contributed by atoms with Crippen molar-refractivity contribution < 1.29 is 9.53 Å². The number of aromatic nitrogens is 1. The molecule has 0 bridgehead atoms. The third-order valence-corrected chi connectivity index (χ3v) is 3.89. The average molecular weight is 307 g/mol. The summed E-state index contributed by atoms with van der Waals surface area (Å²) < 4.78 is 5.47. The highest BCUT2D eigenvalue weighted by molar-refractivity contribution is 5.68. The van der Waals surface area contributed by atoms with Crippen LogP contribution < -0.4 is 5.32 Å². The van der Waals surface area contributed by atoms with Gasteiger partial charge in [-0.3, -0.25) is 0 Å². The maximum Gasteiger partial charge on any atom is 0.410 e. The summed E-state index contributed by atoms with van der Waals surface area (Å²) in [4.78, 5) is 17.1. The molecule has 1 aliphatic rings. The first-order chi connectivity index (χ1) is 10.4. The predicted octanol–water partition coefficient (Wildman–Crippen LogP) is 3.14. The monoisotopic (exact) mass is 307 g/mol. The number of carbonyl (C=O) groups is 1. The molecule has 2 rings (SSSR count). The van der Waals surface area contributed by atoms with E-state index in [4.69, 9.17) is 4.74 Å². The Hall–Kier alpha value is -1.49. The van der Waals surface area contributed by atoms with Gasteiger partial charge in [0.1, 0.15) is 5.60 Å². The molecule has 1 aliphatic heterocycles. The van der Waals surface area contributed by atoms with Gasteiger partial charge in [-0.15, -0.1) is 0 Å². The zero-order valence-electron chi connectivity index (χ0n) is 14.0. The molecule has 1 unspecified atom stereocenters. The normalized spacial score (nSPS) is 19.2. The summed E-state index contributed by atoms with van der Waals surface area (Å²) in [6, 6.07) is 2.08. The number of hydrogen-bond donors (Lipinski definition) is 2. The molecule has 5 heteroatoms. The number of carbonyl (C=O) groups excluding carboxylic acids is 1. The molecule has 124 valence electrons. The molecule has 0 spiro atoms. The van der Waals surface area contributed by atoms with Crippen LogP contribution >= 0.6 is 0 Å². The Kier molecular flexibility index (Phi) is 5.89. The summed E-state index contributed by atoms with van der Waals surface area (Å²) in [5.74, 6) is 0.569. The van der Waals surface area contributed by atoms with Gasteiger partial charge in [-0.2, -0.15) is 0 Å². The first-order valence-electron chi connectivity index (χ1n) is 8.24. The van der Waals surface area contributed by atoms with Crippen molar-refractivity contribution in [3.05, 3.63) is 24.0 Å². The summed E-state index contributed by atoms with van der Waals surface area (Å²) in [6.07, 6.45) is 7.16. The number of ether oxygens (including phenoxy) is 1. The van der Waals surface area contributed by atoms with E-state index in [-0.39, 0.29) is 6.09 Å². The molecular formula is C17H29N3O2. The smallest absolute Gasteiger partial charge is 0.410 e. The fourth-order valence-electron chi connectivity index (χ4n) is 2.80.